The maximum Gasteiger partial charge on any atom is 0.348 e. The van der Waals surface area contributed by atoms with Gasteiger partial charge in [-0.1, -0.05) is 31.0 Å². The maximum absolute atomic E-state index is 12.5. The minimum absolute atomic E-state index is 0.126. The Morgan fingerprint density at radius 2 is 2.19 bits per heavy atom. The standard InChI is InChI=1S/C16H20ClN3O/c1-4-5-8-20-10-9-19(3)16(20)15(21)18-13-7-6-12(2)14(17)11-13/h6-7,9-11H,4-5,8H2,1-3H3/p+1. The fourth-order valence-corrected chi connectivity index (χ4v) is 2.36. The molecule has 0 atom stereocenters. The highest BCUT2D eigenvalue weighted by Gasteiger charge is 2.23. The van der Waals surface area contributed by atoms with E-state index < -0.39 is 0 Å². The Balaban J connectivity index is 2.19. The second kappa shape index (κ2) is 6.76. The fourth-order valence-electron chi connectivity index (χ4n) is 2.18. The van der Waals surface area contributed by atoms with Crippen molar-refractivity contribution < 1.29 is 9.36 Å². The first-order valence-electron chi connectivity index (χ1n) is 7.15. The summed E-state index contributed by atoms with van der Waals surface area (Å²) in [5.74, 6) is 0.513. The predicted octanol–water partition coefficient (Wildman–Crippen LogP) is 3.33. The predicted molar refractivity (Wildman–Crippen MR) is 84.7 cm³/mol. The molecule has 1 amide bonds. The van der Waals surface area contributed by atoms with Crippen LogP contribution < -0.4 is 9.88 Å². The summed E-state index contributed by atoms with van der Waals surface area (Å²) in [7, 11) is 1.87. The van der Waals surface area contributed by atoms with E-state index in [9.17, 15) is 4.79 Å². The quantitative estimate of drug-likeness (QED) is 0.845. The first kappa shape index (κ1) is 15.6. The van der Waals surface area contributed by atoms with Gasteiger partial charge in [0.2, 0.25) is 0 Å². The Bertz CT molecular complexity index is 649. The summed E-state index contributed by atoms with van der Waals surface area (Å²) in [5, 5.41) is 3.56. The Labute approximate surface area is 130 Å². The van der Waals surface area contributed by atoms with Crippen LogP contribution in [0, 0.1) is 6.92 Å². The molecular weight excluding hydrogens is 286 g/mol. The minimum Gasteiger partial charge on any atom is -0.315 e. The molecule has 2 aromatic rings. The van der Waals surface area contributed by atoms with E-state index in [2.05, 4.69) is 12.2 Å². The van der Waals surface area contributed by atoms with Gasteiger partial charge in [0.1, 0.15) is 12.4 Å². The molecule has 5 heteroatoms. The van der Waals surface area contributed by atoms with Crippen molar-refractivity contribution in [3.63, 3.8) is 0 Å². The van der Waals surface area contributed by atoms with Crippen molar-refractivity contribution in [2.45, 2.75) is 33.2 Å². The molecule has 1 heterocycles. The largest absolute Gasteiger partial charge is 0.348 e. The summed E-state index contributed by atoms with van der Waals surface area (Å²) in [6.07, 6.45) is 5.97. The van der Waals surface area contributed by atoms with E-state index in [1.807, 2.05) is 47.6 Å². The highest BCUT2D eigenvalue weighted by atomic mass is 35.5. The summed E-state index contributed by atoms with van der Waals surface area (Å²) in [6, 6.07) is 5.53. The number of anilines is 1. The molecule has 1 aromatic heterocycles. The van der Waals surface area contributed by atoms with Gasteiger partial charge in [-0.05, 0) is 31.0 Å². The number of hydrogen-bond donors (Lipinski definition) is 1. The van der Waals surface area contributed by atoms with Crippen LogP contribution in [0.25, 0.3) is 0 Å². The third-order valence-corrected chi connectivity index (χ3v) is 3.87. The molecule has 1 aromatic carbocycles. The van der Waals surface area contributed by atoms with Crippen molar-refractivity contribution in [3.8, 4) is 0 Å². The Kier molecular flexibility index (Phi) is 5.02. The van der Waals surface area contributed by atoms with Crippen LogP contribution in [0.2, 0.25) is 5.02 Å². The zero-order valence-corrected chi connectivity index (χ0v) is 13.4. The number of amides is 1. The van der Waals surface area contributed by atoms with Gasteiger partial charge < -0.3 is 5.32 Å². The van der Waals surface area contributed by atoms with Crippen molar-refractivity contribution in [2.24, 2.45) is 7.05 Å². The van der Waals surface area contributed by atoms with Crippen molar-refractivity contribution >= 4 is 23.2 Å². The van der Waals surface area contributed by atoms with Gasteiger partial charge >= 0.3 is 11.7 Å². The van der Waals surface area contributed by atoms with Gasteiger partial charge in [-0.15, -0.1) is 0 Å². The van der Waals surface area contributed by atoms with E-state index >= 15 is 0 Å². The number of unbranched alkanes of at least 4 members (excludes halogenated alkanes) is 1. The van der Waals surface area contributed by atoms with Crippen molar-refractivity contribution in [3.05, 3.63) is 47.0 Å². The van der Waals surface area contributed by atoms with Gasteiger partial charge in [0, 0.05) is 10.7 Å². The van der Waals surface area contributed by atoms with Gasteiger partial charge in [-0.3, -0.25) is 4.79 Å². The average Bonchev–Trinajstić information content (AvgIpc) is 2.81. The van der Waals surface area contributed by atoms with Crippen LogP contribution in [-0.4, -0.2) is 10.5 Å². The number of imidazole rings is 1. The maximum atomic E-state index is 12.5. The smallest absolute Gasteiger partial charge is 0.315 e. The Morgan fingerprint density at radius 3 is 2.86 bits per heavy atom. The molecular formula is C16H21ClN3O+. The molecule has 0 fully saturated rings. The number of hydrogen-bond acceptors (Lipinski definition) is 1. The first-order valence-corrected chi connectivity index (χ1v) is 7.53. The lowest BCUT2D eigenvalue weighted by Crippen LogP contribution is -2.37. The minimum atomic E-state index is -0.126. The molecule has 0 bridgehead atoms. The Morgan fingerprint density at radius 1 is 1.43 bits per heavy atom. The van der Waals surface area contributed by atoms with Crippen LogP contribution in [0.3, 0.4) is 0 Å². The van der Waals surface area contributed by atoms with Crippen LogP contribution in [0.4, 0.5) is 5.69 Å². The summed E-state index contributed by atoms with van der Waals surface area (Å²) >= 11 is 6.09. The van der Waals surface area contributed by atoms with Crippen LogP contribution in [0.1, 0.15) is 35.9 Å². The molecule has 112 valence electrons. The second-order valence-electron chi connectivity index (χ2n) is 5.20. The zero-order valence-electron chi connectivity index (χ0n) is 12.7. The lowest BCUT2D eigenvalue weighted by molar-refractivity contribution is -0.672. The SMILES string of the molecule is CCCCn1cc[n+](C)c1C(=O)Nc1ccc(C)c(Cl)c1. The van der Waals surface area contributed by atoms with E-state index in [1.54, 1.807) is 6.07 Å². The van der Waals surface area contributed by atoms with E-state index in [4.69, 9.17) is 11.6 Å². The Hall–Kier alpha value is -1.81. The molecule has 0 aliphatic heterocycles. The van der Waals surface area contributed by atoms with Gasteiger partial charge in [-0.2, -0.15) is 0 Å². The molecule has 0 spiro atoms. The number of nitrogens with one attached hydrogen (secondary N) is 1. The van der Waals surface area contributed by atoms with Gasteiger partial charge in [0.25, 0.3) is 0 Å². The summed E-state index contributed by atoms with van der Waals surface area (Å²) in [6.45, 7) is 4.91. The molecule has 0 unspecified atom stereocenters. The normalized spacial score (nSPS) is 10.7. The van der Waals surface area contributed by atoms with E-state index in [-0.39, 0.29) is 5.91 Å². The molecule has 1 N–H and O–H groups in total. The molecule has 21 heavy (non-hydrogen) atoms. The number of benzene rings is 1. The van der Waals surface area contributed by atoms with Crippen molar-refractivity contribution in [1.82, 2.24) is 4.57 Å². The molecule has 4 nitrogen and oxygen atoms in total. The molecule has 2 rings (SSSR count). The van der Waals surface area contributed by atoms with Gasteiger partial charge in [-0.25, -0.2) is 9.13 Å². The number of rotatable bonds is 5. The number of carbonyl (C=O) groups excluding carboxylic acids is 1. The lowest BCUT2D eigenvalue weighted by Gasteiger charge is -2.06. The van der Waals surface area contributed by atoms with Gasteiger partial charge in [0.05, 0.1) is 13.6 Å². The van der Waals surface area contributed by atoms with E-state index in [0.29, 0.717) is 16.5 Å². The van der Waals surface area contributed by atoms with Crippen molar-refractivity contribution in [1.29, 1.82) is 0 Å². The number of nitrogens with zero attached hydrogens (tertiary/aromatic N) is 2. The third-order valence-electron chi connectivity index (χ3n) is 3.46. The fraction of sp³-hybridized carbons (Fsp3) is 0.375. The number of carbonyl (C=O) groups is 1. The number of aromatic nitrogens is 2. The summed E-state index contributed by atoms with van der Waals surface area (Å²) < 4.78 is 3.81. The average molecular weight is 307 g/mol. The highest BCUT2D eigenvalue weighted by molar-refractivity contribution is 6.31. The van der Waals surface area contributed by atoms with E-state index in [1.165, 1.54) is 0 Å². The third kappa shape index (κ3) is 3.64. The van der Waals surface area contributed by atoms with E-state index in [0.717, 1.165) is 24.9 Å². The molecule has 0 radical (unpaired) electrons. The molecule has 0 aliphatic rings. The van der Waals surface area contributed by atoms with Crippen molar-refractivity contribution in [2.75, 3.05) is 5.32 Å². The summed E-state index contributed by atoms with van der Waals surface area (Å²) in [4.78, 5) is 12.5. The van der Waals surface area contributed by atoms with Crippen LogP contribution in [-0.2, 0) is 13.6 Å². The number of aryl methyl sites for hydroxylation is 3. The second-order valence-corrected chi connectivity index (χ2v) is 5.60. The van der Waals surface area contributed by atoms with Gasteiger partial charge in [0.15, 0.2) is 0 Å². The highest BCUT2D eigenvalue weighted by Crippen LogP contribution is 2.20. The molecule has 0 saturated carbocycles. The van der Waals surface area contributed by atoms with Crippen LogP contribution in [0.5, 0.6) is 0 Å². The van der Waals surface area contributed by atoms with Crippen LogP contribution >= 0.6 is 11.6 Å². The first-order chi connectivity index (χ1) is 10.0. The summed E-state index contributed by atoms with van der Waals surface area (Å²) in [5.41, 5.74) is 1.70. The lowest BCUT2D eigenvalue weighted by atomic mass is 10.2. The van der Waals surface area contributed by atoms with Crippen LogP contribution in [0.15, 0.2) is 30.6 Å². The molecule has 0 saturated heterocycles. The number of halogens is 1. The topological polar surface area (TPSA) is 37.9 Å². The molecule has 0 aliphatic carbocycles. The monoisotopic (exact) mass is 306 g/mol. The zero-order chi connectivity index (χ0) is 15.4.